The van der Waals surface area contributed by atoms with Crippen molar-refractivity contribution in [1.82, 2.24) is 9.88 Å². The maximum atomic E-state index is 13.5. The number of nitrogens with zero attached hydrogens (tertiary/aromatic N) is 3. The molecule has 4 rings (SSSR count). The predicted octanol–water partition coefficient (Wildman–Crippen LogP) is 3.93. The van der Waals surface area contributed by atoms with E-state index in [0.717, 1.165) is 36.3 Å². The summed E-state index contributed by atoms with van der Waals surface area (Å²) in [6.07, 6.45) is 0. The first-order valence-electron chi connectivity index (χ1n) is 10.3. The van der Waals surface area contributed by atoms with Crippen LogP contribution < -0.4 is 4.90 Å². The second-order valence-electron chi connectivity index (χ2n) is 7.73. The summed E-state index contributed by atoms with van der Waals surface area (Å²) in [5.41, 5.74) is 2.89. The molecule has 0 atom stereocenters. The third-order valence-corrected chi connectivity index (χ3v) is 7.24. The van der Waals surface area contributed by atoms with Crippen molar-refractivity contribution < 1.29 is 12.8 Å². The zero-order valence-electron chi connectivity index (χ0n) is 17.6. The molecule has 3 aromatic rings. The summed E-state index contributed by atoms with van der Waals surface area (Å²) in [6, 6.07) is 14.6. The molecule has 30 heavy (non-hydrogen) atoms. The van der Waals surface area contributed by atoms with E-state index in [1.807, 2.05) is 43.0 Å². The summed E-state index contributed by atoms with van der Waals surface area (Å²) in [5, 5.41) is -0.00752. The first kappa shape index (κ1) is 20.6. The Balaban J connectivity index is 1.79. The highest BCUT2D eigenvalue weighted by molar-refractivity contribution is 7.91. The van der Waals surface area contributed by atoms with Crippen LogP contribution in [0.2, 0.25) is 0 Å². The summed E-state index contributed by atoms with van der Waals surface area (Å²) in [5.74, 6) is 0.663. The standard InChI is InChI=1S/C23H27N3O3S/c1-4-25-13-15-26(16-14-25)23-22(30(27,28)20-11-7-18(3)8-12-20)24-21(29-23)19-9-5-17(2)6-10-19/h5-12H,4,13-16H2,1-3H3. The SMILES string of the molecule is CCN1CCN(c2oc(-c3ccc(C)cc3)nc2S(=O)(=O)c2ccc(C)cc2)CC1. The zero-order chi connectivity index (χ0) is 21.3. The van der Waals surface area contributed by atoms with Gasteiger partial charge >= 0.3 is 0 Å². The van der Waals surface area contributed by atoms with Crippen LogP contribution in [0.4, 0.5) is 5.88 Å². The van der Waals surface area contributed by atoms with Crippen LogP contribution >= 0.6 is 0 Å². The molecule has 7 heteroatoms. The molecule has 2 aromatic carbocycles. The van der Waals surface area contributed by atoms with Crippen LogP contribution in [0.25, 0.3) is 11.5 Å². The highest BCUT2D eigenvalue weighted by Gasteiger charge is 2.32. The number of aryl methyl sites for hydroxylation is 2. The molecule has 1 saturated heterocycles. The van der Waals surface area contributed by atoms with Gasteiger partial charge in [-0.25, -0.2) is 8.42 Å². The first-order valence-corrected chi connectivity index (χ1v) is 11.7. The second kappa shape index (κ2) is 8.24. The van der Waals surface area contributed by atoms with Gasteiger partial charge in [-0.3, -0.25) is 0 Å². The van der Waals surface area contributed by atoms with Crippen molar-refractivity contribution in [3.8, 4) is 11.5 Å². The number of anilines is 1. The third-order valence-electron chi connectivity index (χ3n) is 5.57. The minimum atomic E-state index is -3.81. The number of oxazole rings is 1. The molecule has 158 valence electrons. The Bertz CT molecular complexity index is 1110. The van der Waals surface area contributed by atoms with E-state index in [2.05, 4.69) is 16.8 Å². The summed E-state index contributed by atoms with van der Waals surface area (Å²) in [6.45, 7) is 10.2. The van der Waals surface area contributed by atoms with Gasteiger partial charge in [-0.05, 0) is 44.7 Å². The van der Waals surface area contributed by atoms with Gasteiger partial charge in [0.05, 0.1) is 4.90 Å². The lowest BCUT2D eigenvalue weighted by molar-refractivity contribution is 0.266. The molecule has 2 heterocycles. The molecule has 0 unspecified atom stereocenters. The Morgan fingerprint density at radius 2 is 1.47 bits per heavy atom. The van der Waals surface area contributed by atoms with Crippen LogP contribution in [-0.4, -0.2) is 51.0 Å². The van der Waals surface area contributed by atoms with E-state index in [4.69, 9.17) is 4.42 Å². The van der Waals surface area contributed by atoms with Crippen LogP contribution in [0.5, 0.6) is 0 Å². The van der Waals surface area contributed by atoms with Gasteiger partial charge in [-0.2, -0.15) is 4.98 Å². The van der Waals surface area contributed by atoms with Crippen molar-refractivity contribution in [2.45, 2.75) is 30.7 Å². The van der Waals surface area contributed by atoms with Crippen LogP contribution in [-0.2, 0) is 9.84 Å². The third kappa shape index (κ3) is 4.00. The number of piperazine rings is 1. The highest BCUT2D eigenvalue weighted by atomic mass is 32.2. The van der Waals surface area contributed by atoms with Crippen LogP contribution in [0, 0.1) is 13.8 Å². The van der Waals surface area contributed by atoms with E-state index in [0.29, 0.717) is 24.9 Å². The van der Waals surface area contributed by atoms with Crippen molar-refractivity contribution in [3.63, 3.8) is 0 Å². The maximum absolute atomic E-state index is 13.5. The zero-order valence-corrected chi connectivity index (χ0v) is 18.4. The molecule has 1 aliphatic rings. The lowest BCUT2D eigenvalue weighted by atomic mass is 10.1. The average Bonchev–Trinajstić information content (AvgIpc) is 3.21. The quantitative estimate of drug-likeness (QED) is 0.617. The van der Waals surface area contributed by atoms with Gasteiger partial charge < -0.3 is 14.2 Å². The highest BCUT2D eigenvalue weighted by Crippen LogP contribution is 2.35. The van der Waals surface area contributed by atoms with Gasteiger partial charge in [0.15, 0.2) is 0 Å². The molecule has 1 aromatic heterocycles. The number of hydrogen-bond acceptors (Lipinski definition) is 6. The van der Waals surface area contributed by atoms with E-state index in [-0.39, 0.29) is 9.92 Å². The topological polar surface area (TPSA) is 66.7 Å². The number of sulfone groups is 1. The molecule has 0 radical (unpaired) electrons. The normalized spacial score (nSPS) is 15.5. The number of hydrogen-bond donors (Lipinski definition) is 0. The fraction of sp³-hybridized carbons (Fsp3) is 0.348. The predicted molar refractivity (Wildman–Crippen MR) is 118 cm³/mol. The first-order chi connectivity index (χ1) is 14.4. The van der Waals surface area contributed by atoms with Gasteiger partial charge in [0.1, 0.15) is 0 Å². The van der Waals surface area contributed by atoms with E-state index in [1.165, 1.54) is 0 Å². The average molecular weight is 426 g/mol. The summed E-state index contributed by atoms with van der Waals surface area (Å²) in [7, 11) is -3.81. The molecule has 0 spiro atoms. The Morgan fingerprint density at radius 1 is 0.900 bits per heavy atom. The lowest BCUT2D eigenvalue weighted by Crippen LogP contribution is -2.46. The largest absolute Gasteiger partial charge is 0.419 e. The summed E-state index contributed by atoms with van der Waals surface area (Å²) in [4.78, 5) is 9.05. The van der Waals surface area contributed by atoms with Crippen molar-refractivity contribution >= 4 is 15.7 Å². The van der Waals surface area contributed by atoms with Crippen LogP contribution in [0.15, 0.2) is 62.9 Å². The monoisotopic (exact) mass is 425 g/mol. The summed E-state index contributed by atoms with van der Waals surface area (Å²) >= 11 is 0. The lowest BCUT2D eigenvalue weighted by Gasteiger charge is -2.33. The molecule has 0 N–H and O–H groups in total. The number of aromatic nitrogens is 1. The molecule has 0 saturated carbocycles. The molecule has 1 aliphatic heterocycles. The van der Waals surface area contributed by atoms with Gasteiger partial charge in [0.25, 0.3) is 0 Å². The fourth-order valence-electron chi connectivity index (χ4n) is 3.59. The van der Waals surface area contributed by atoms with Crippen molar-refractivity contribution in [2.24, 2.45) is 0 Å². The van der Waals surface area contributed by atoms with E-state index < -0.39 is 9.84 Å². The molecular formula is C23H27N3O3S. The maximum Gasteiger partial charge on any atom is 0.236 e. The number of benzene rings is 2. The number of rotatable bonds is 5. The fourth-order valence-corrected chi connectivity index (χ4v) is 4.91. The van der Waals surface area contributed by atoms with Crippen LogP contribution in [0.1, 0.15) is 18.1 Å². The van der Waals surface area contributed by atoms with Gasteiger partial charge in [0, 0.05) is 31.7 Å². The van der Waals surface area contributed by atoms with Crippen molar-refractivity contribution in [2.75, 3.05) is 37.6 Å². The van der Waals surface area contributed by atoms with Gasteiger partial charge in [0.2, 0.25) is 26.6 Å². The molecule has 0 aliphatic carbocycles. The minimum Gasteiger partial charge on any atom is -0.419 e. The molecular weight excluding hydrogens is 398 g/mol. The molecule has 0 bridgehead atoms. The molecule has 0 amide bonds. The van der Waals surface area contributed by atoms with Crippen molar-refractivity contribution in [1.29, 1.82) is 0 Å². The number of likely N-dealkylation sites (N-methyl/N-ethyl adjacent to an activating group) is 1. The Kier molecular flexibility index (Phi) is 5.66. The van der Waals surface area contributed by atoms with Crippen LogP contribution in [0.3, 0.4) is 0 Å². The van der Waals surface area contributed by atoms with E-state index >= 15 is 0 Å². The minimum absolute atomic E-state index is 0.00752. The second-order valence-corrected chi connectivity index (χ2v) is 9.60. The molecule has 6 nitrogen and oxygen atoms in total. The van der Waals surface area contributed by atoms with Gasteiger partial charge in [-0.1, -0.05) is 42.3 Å². The molecule has 1 fully saturated rings. The Hall–Kier alpha value is -2.64. The Labute approximate surface area is 178 Å². The van der Waals surface area contributed by atoms with E-state index in [9.17, 15) is 8.42 Å². The summed E-state index contributed by atoms with van der Waals surface area (Å²) < 4.78 is 33.0. The smallest absolute Gasteiger partial charge is 0.236 e. The van der Waals surface area contributed by atoms with Crippen molar-refractivity contribution in [3.05, 3.63) is 59.7 Å². The van der Waals surface area contributed by atoms with E-state index in [1.54, 1.807) is 24.3 Å². The van der Waals surface area contributed by atoms with Gasteiger partial charge in [-0.15, -0.1) is 0 Å². The Morgan fingerprint density at radius 3 is 2.03 bits per heavy atom.